The molecule has 1 saturated carbocycles. The monoisotopic (exact) mass is 584 g/mol. The molecule has 7 rings (SSSR count). The van der Waals surface area contributed by atoms with Gasteiger partial charge in [0.1, 0.15) is 18.7 Å². The summed E-state index contributed by atoms with van der Waals surface area (Å²) >= 11 is 0. The summed E-state index contributed by atoms with van der Waals surface area (Å²) in [6, 6.07) is 9.29. The number of fused-ring (bicyclic) bond motifs is 4. The summed E-state index contributed by atoms with van der Waals surface area (Å²) in [5.41, 5.74) is 2.03. The zero-order chi connectivity index (χ0) is 30.5. The van der Waals surface area contributed by atoms with Crippen molar-refractivity contribution in [3.63, 3.8) is 0 Å². The summed E-state index contributed by atoms with van der Waals surface area (Å²) in [6.07, 6.45) is 5.30. The molecular formula is C35H36O8. The third-order valence-corrected chi connectivity index (χ3v) is 11.7. The fourth-order valence-electron chi connectivity index (χ4n) is 9.65. The van der Waals surface area contributed by atoms with Crippen LogP contribution in [0.2, 0.25) is 0 Å². The lowest BCUT2D eigenvalue weighted by Gasteiger charge is -2.64. The Bertz CT molecular complexity index is 1610. The van der Waals surface area contributed by atoms with E-state index in [-0.39, 0.29) is 36.6 Å². The molecule has 0 spiro atoms. The summed E-state index contributed by atoms with van der Waals surface area (Å²) in [5.74, 6) is -0.796. The molecule has 1 aromatic heterocycles. The minimum atomic E-state index is -1.06. The zero-order valence-electron chi connectivity index (χ0n) is 25.0. The molecule has 224 valence electrons. The van der Waals surface area contributed by atoms with E-state index >= 15 is 0 Å². The Labute approximate surface area is 250 Å². The van der Waals surface area contributed by atoms with E-state index in [1.54, 1.807) is 30.5 Å². The third-order valence-electron chi connectivity index (χ3n) is 11.7. The first kappa shape index (κ1) is 28.2. The topological polar surface area (TPSA) is 109 Å². The van der Waals surface area contributed by atoms with E-state index < -0.39 is 46.3 Å². The average Bonchev–Trinajstić information content (AvgIpc) is 3.69. The van der Waals surface area contributed by atoms with Crippen LogP contribution in [0.3, 0.4) is 0 Å². The van der Waals surface area contributed by atoms with Crippen LogP contribution in [0.4, 0.5) is 0 Å². The Balaban J connectivity index is 1.37. The molecule has 8 nitrogen and oxygen atoms in total. The second-order valence-corrected chi connectivity index (χ2v) is 13.4. The molecule has 3 aliphatic carbocycles. The molecule has 2 saturated heterocycles. The minimum Gasteiger partial charge on any atom is -0.469 e. The number of rotatable bonds is 5. The molecule has 0 amide bonds. The van der Waals surface area contributed by atoms with Crippen LogP contribution < -0.4 is 0 Å². The number of aldehydes is 1. The van der Waals surface area contributed by atoms with Crippen molar-refractivity contribution in [2.75, 3.05) is 13.7 Å². The van der Waals surface area contributed by atoms with Crippen LogP contribution in [0.1, 0.15) is 62.4 Å². The van der Waals surface area contributed by atoms with Crippen molar-refractivity contribution in [2.45, 2.75) is 64.8 Å². The number of esters is 1. The first-order valence-electron chi connectivity index (χ1n) is 14.9. The van der Waals surface area contributed by atoms with Gasteiger partial charge in [-0.05, 0) is 43.9 Å². The highest BCUT2D eigenvalue weighted by Gasteiger charge is 2.75. The van der Waals surface area contributed by atoms with Crippen LogP contribution in [0.15, 0.2) is 64.3 Å². The van der Waals surface area contributed by atoms with Gasteiger partial charge in [0.25, 0.3) is 0 Å². The number of carbonyl (C=O) groups is 4. The van der Waals surface area contributed by atoms with Crippen molar-refractivity contribution in [1.29, 1.82) is 0 Å². The molecule has 8 heteroatoms. The number of benzene rings is 1. The number of ether oxygens (including phenoxy) is 3. The first-order valence-corrected chi connectivity index (χ1v) is 14.9. The lowest BCUT2D eigenvalue weighted by Crippen LogP contribution is -2.71. The molecule has 0 bridgehead atoms. The van der Waals surface area contributed by atoms with Crippen LogP contribution in [0.25, 0.3) is 11.3 Å². The lowest BCUT2D eigenvalue weighted by molar-refractivity contribution is -0.238. The summed E-state index contributed by atoms with van der Waals surface area (Å²) in [4.78, 5) is 51.6. The zero-order valence-corrected chi connectivity index (χ0v) is 25.0. The van der Waals surface area contributed by atoms with Crippen molar-refractivity contribution in [1.82, 2.24) is 0 Å². The Morgan fingerprint density at radius 1 is 1.09 bits per heavy atom. The highest BCUT2D eigenvalue weighted by Crippen LogP contribution is 2.71. The highest BCUT2D eigenvalue weighted by molar-refractivity contribution is 6.01. The summed E-state index contributed by atoms with van der Waals surface area (Å²) in [6.45, 7) is 8.00. The number of Topliss-reactive ketones (excluding diaryl/α,β-unsaturated/α-hetero) is 1. The predicted molar refractivity (Wildman–Crippen MR) is 155 cm³/mol. The van der Waals surface area contributed by atoms with E-state index in [0.29, 0.717) is 12.0 Å². The number of hydrogen-bond acceptors (Lipinski definition) is 8. The molecule has 3 fully saturated rings. The molecule has 2 aliphatic heterocycles. The Kier molecular flexibility index (Phi) is 6.18. The molecule has 1 aromatic carbocycles. The largest absolute Gasteiger partial charge is 0.469 e. The van der Waals surface area contributed by atoms with Gasteiger partial charge in [-0.25, -0.2) is 0 Å². The predicted octanol–water partition coefficient (Wildman–Crippen LogP) is 5.27. The van der Waals surface area contributed by atoms with E-state index in [1.807, 2.05) is 32.0 Å². The Morgan fingerprint density at radius 2 is 1.84 bits per heavy atom. The van der Waals surface area contributed by atoms with Gasteiger partial charge in [0.05, 0.1) is 43.5 Å². The van der Waals surface area contributed by atoms with Gasteiger partial charge >= 0.3 is 5.97 Å². The molecule has 0 N–H and O–H groups in total. The molecule has 2 aromatic rings. The molecule has 5 aliphatic rings. The van der Waals surface area contributed by atoms with Crippen molar-refractivity contribution in [2.24, 2.45) is 28.1 Å². The number of hydrogen-bond donors (Lipinski definition) is 0. The van der Waals surface area contributed by atoms with E-state index in [0.717, 1.165) is 34.3 Å². The number of carbonyl (C=O) groups excluding carboxylic acids is 4. The van der Waals surface area contributed by atoms with Crippen molar-refractivity contribution in [3.8, 4) is 11.3 Å². The second kappa shape index (κ2) is 9.44. The van der Waals surface area contributed by atoms with E-state index in [2.05, 4.69) is 13.8 Å². The van der Waals surface area contributed by atoms with E-state index in [1.165, 1.54) is 7.11 Å². The van der Waals surface area contributed by atoms with Crippen LogP contribution in [0, 0.1) is 28.1 Å². The SMILES string of the molecule is COC(=O)C[C@H]1[C@]2(C)C3=C(C)[C@H](c4ccoc4-c4ccc(C=O)cc4)C[C@H]3O[C@@H]2[C@@H]2OCC(=O)[C@]3(C)C=CC(=O)[C@@]1(C)[C@@H]23. The van der Waals surface area contributed by atoms with Crippen molar-refractivity contribution in [3.05, 3.63) is 71.0 Å². The first-order chi connectivity index (χ1) is 20.5. The highest BCUT2D eigenvalue weighted by atomic mass is 16.6. The maximum atomic E-state index is 14.0. The Hall–Kier alpha value is -3.62. The van der Waals surface area contributed by atoms with Crippen molar-refractivity contribution < 1.29 is 37.8 Å². The number of ketones is 2. The smallest absolute Gasteiger partial charge is 0.305 e. The van der Waals surface area contributed by atoms with Gasteiger partial charge < -0.3 is 18.6 Å². The normalized spacial score (nSPS) is 39.4. The van der Waals surface area contributed by atoms with Gasteiger partial charge in [0.15, 0.2) is 11.6 Å². The van der Waals surface area contributed by atoms with Crippen molar-refractivity contribution >= 4 is 23.8 Å². The molecule has 43 heavy (non-hydrogen) atoms. The molecule has 9 atom stereocenters. The quantitative estimate of drug-likeness (QED) is 0.266. The number of methoxy groups -OCH3 is 1. The van der Waals surface area contributed by atoms with E-state index in [4.69, 9.17) is 18.6 Å². The van der Waals surface area contributed by atoms with Gasteiger partial charge in [0.2, 0.25) is 0 Å². The maximum Gasteiger partial charge on any atom is 0.305 e. The van der Waals surface area contributed by atoms with Gasteiger partial charge in [0, 0.05) is 39.4 Å². The molecule has 0 radical (unpaired) electrons. The van der Waals surface area contributed by atoms with Crippen LogP contribution in [-0.2, 0) is 28.6 Å². The fraction of sp³-hybridized carbons (Fsp3) is 0.486. The Morgan fingerprint density at radius 3 is 2.53 bits per heavy atom. The van der Waals surface area contributed by atoms with Gasteiger partial charge in [-0.3, -0.25) is 19.2 Å². The van der Waals surface area contributed by atoms with Crippen LogP contribution in [-0.4, -0.2) is 55.9 Å². The minimum absolute atomic E-state index is 0.0114. The van der Waals surface area contributed by atoms with E-state index in [9.17, 15) is 19.2 Å². The van der Waals surface area contributed by atoms with Crippen LogP contribution >= 0.6 is 0 Å². The summed E-state index contributed by atoms with van der Waals surface area (Å²) in [5, 5.41) is 0. The second-order valence-electron chi connectivity index (χ2n) is 13.4. The average molecular weight is 585 g/mol. The van der Waals surface area contributed by atoms with Gasteiger partial charge in [-0.2, -0.15) is 0 Å². The van der Waals surface area contributed by atoms with Gasteiger partial charge in [-0.15, -0.1) is 0 Å². The fourth-order valence-corrected chi connectivity index (χ4v) is 9.65. The standard InChI is InChI=1S/C35H36O8/c1-18-22(21-11-13-41-29(21)20-8-6-19(16-36)7-9-20)14-23-28(18)35(4)24(15-27(39)40-5)34(3)25(37)10-12-33(2)26(38)17-42-30(31(33)34)32(35)43-23/h6-13,16,22-24,30-32H,14-15,17H2,1-5H3/t22-,23-,24-,30-,31+,32-,33+,34+,35-/m1/s1. The summed E-state index contributed by atoms with van der Waals surface area (Å²) in [7, 11) is 1.36. The molecule has 3 heterocycles. The lowest BCUT2D eigenvalue weighted by atomic mass is 9.40. The third kappa shape index (κ3) is 3.56. The summed E-state index contributed by atoms with van der Waals surface area (Å²) < 4.78 is 24.5. The van der Waals surface area contributed by atoms with Crippen LogP contribution in [0.5, 0.6) is 0 Å². The van der Waals surface area contributed by atoms with Gasteiger partial charge in [-0.1, -0.05) is 49.8 Å². The number of allylic oxidation sites excluding steroid dienone is 3. The molecular weight excluding hydrogens is 548 g/mol. The maximum absolute atomic E-state index is 14.0. The number of furan rings is 1. The molecule has 0 unspecified atom stereocenters.